The molecule has 1 aliphatic heterocycles. The number of carbonyl (C=O) groups excluding carboxylic acids is 2. The molecule has 7 heteroatoms. The Morgan fingerprint density at radius 2 is 1.74 bits per heavy atom. The summed E-state index contributed by atoms with van der Waals surface area (Å²) in [4.78, 5) is 24.5. The van der Waals surface area contributed by atoms with Gasteiger partial charge in [-0.3, -0.25) is 15.0 Å². The first-order valence-corrected chi connectivity index (χ1v) is 5.95. The van der Waals surface area contributed by atoms with Gasteiger partial charge in [0.05, 0.1) is 13.2 Å². The molecule has 0 radical (unpaired) electrons. The molecule has 102 valence electrons. The van der Waals surface area contributed by atoms with Crippen LogP contribution in [0.15, 0.2) is 24.3 Å². The summed E-state index contributed by atoms with van der Waals surface area (Å²) < 4.78 is 5.28. The number of morpholine rings is 1. The lowest BCUT2D eigenvalue weighted by atomic mass is 10.2. The summed E-state index contributed by atoms with van der Waals surface area (Å²) in [6, 6.07) is 7.27. The summed E-state index contributed by atoms with van der Waals surface area (Å²) in [5.74, 6) is 3.20. The standard InChI is InChI=1S/C12H16N4O3/c13-15-12(18)11(17)14-9-1-3-10(4-2-9)16-5-7-19-8-6-16/h1-4H,5-8,13H2,(H,14,17)(H,15,18). The van der Waals surface area contributed by atoms with Crippen LogP contribution in [0.3, 0.4) is 0 Å². The highest BCUT2D eigenvalue weighted by molar-refractivity contribution is 6.39. The Bertz CT molecular complexity index is 455. The number of benzene rings is 1. The third-order valence-corrected chi connectivity index (χ3v) is 2.84. The number of anilines is 2. The van der Waals surface area contributed by atoms with E-state index in [2.05, 4.69) is 10.2 Å². The SMILES string of the molecule is NNC(=O)C(=O)Nc1ccc(N2CCOCC2)cc1. The van der Waals surface area contributed by atoms with E-state index in [1.807, 2.05) is 12.1 Å². The van der Waals surface area contributed by atoms with E-state index in [0.717, 1.165) is 32.0 Å². The van der Waals surface area contributed by atoms with Crippen molar-refractivity contribution < 1.29 is 14.3 Å². The normalized spacial score (nSPS) is 14.9. The zero-order valence-corrected chi connectivity index (χ0v) is 10.4. The summed E-state index contributed by atoms with van der Waals surface area (Å²) in [5, 5.41) is 2.45. The largest absolute Gasteiger partial charge is 0.378 e. The van der Waals surface area contributed by atoms with Gasteiger partial charge in [-0.25, -0.2) is 5.84 Å². The minimum Gasteiger partial charge on any atom is -0.378 e. The molecule has 19 heavy (non-hydrogen) atoms. The Labute approximate surface area is 110 Å². The lowest BCUT2D eigenvalue weighted by Gasteiger charge is -2.28. The van der Waals surface area contributed by atoms with Crippen molar-refractivity contribution in [1.29, 1.82) is 0 Å². The molecule has 1 saturated heterocycles. The van der Waals surface area contributed by atoms with Crippen LogP contribution in [0.2, 0.25) is 0 Å². The van der Waals surface area contributed by atoms with Gasteiger partial charge in [0, 0.05) is 24.5 Å². The first-order chi connectivity index (χ1) is 9.20. The van der Waals surface area contributed by atoms with E-state index in [9.17, 15) is 9.59 Å². The highest BCUT2D eigenvalue weighted by atomic mass is 16.5. The molecule has 0 spiro atoms. The number of rotatable bonds is 2. The summed E-state index contributed by atoms with van der Waals surface area (Å²) in [6.45, 7) is 3.13. The van der Waals surface area contributed by atoms with Crippen molar-refractivity contribution in [3.63, 3.8) is 0 Å². The molecule has 0 atom stereocenters. The molecular weight excluding hydrogens is 248 g/mol. The number of ether oxygens (including phenoxy) is 1. The highest BCUT2D eigenvalue weighted by Crippen LogP contribution is 2.18. The first kappa shape index (κ1) is 13.3. The van der Waals surface area contributed by atoms with E-state index in [1.54, 1.807) is 17.6 Å². The molecular formula is C12H16N4O3. The second-order valence-corrected chi connectivity index (χ2v) is 4.07. The van der Waals surface area contributed by atoms with Gasteiger partial charge in [0.1, 0.15) is 0 Å². The molecule has 2 amide bonds. The number of carbonyl (C=O) groups is 2. The van der Waals surface area contributed by atoms with Gasteiger partial charge in [-0.05, 0) is 24.3 Å². The fourth-order valence-electron chi connectivity index (χ4n) is 1.83. The van der Waals surface area contributed by atoms with Crippen LogP contribution in [0.1, 0.15) is 0 Å². The average Bonchev–Trinajstić information content (AvgIpc) is 2.48. The second-order valence-electron chi connectivity index (χ2n) is 4.07. The van der Waals surface area contributed by atoms with Gasteiger partial charge in [0.2, 0.25) is 0 Å². The van der Waals surface area contributed by atoms with Crippen LogP contribution in [-0.4, -0.2) is 38.1 Å². The van der Waals surface area contributed by atoms with E-state index in [4.69, 9.17) is 10.6 Å². The monoisotopic (exact) mass is 264 g/mol. The van der Waals surface area contributed by atoms with Crippen molar-refractivity contribution in [2.45, 2.75) is 0 Å². The molecule has 1 aliphatic rings. The van der Waals surface area contributed by atoms with E-state index in [1.165, 1.54) is 0 Å². The number of nitrogens with zero attached hydrogens (tertiary/aromatic N) is 1. The Morgan fingerprint density at radius 3 is 2.32 bits per heavy atom. The predicted octanol–water partition coefficient (Wildman–Crippen LogP) is -0.548. The molecule has 0 unspecified atom stereocenters. The molecule has 0 bridgehead atoms. The van der Waals surface area contributed by atoms with E-state index < -0.39 is 11.8 Å². The lowest BCUT2D eigenvalue weighted by Crippen LogP contribution is -2.39. The fraction of sp³-hybridized carbons (Fsp3) is 0.333. The van der Waals surface area contributed by atoms with Crippen LogP contribution in [-0.2, 0) is 14.3 Å². The van der Waals surface area contributed by atoms with Gasteiger partial charge in [-0.2, -0.15) is 0 Å². The molecule has 1 fully saturated rings. The van der Waals surface area contributed by atoms with Gasteiger partial charge in [-0.1, -0.05) is 0 Å². The topological polar surface area (TPSA) is 96.7 Å². The number of hydrogen-bond acceptors (Lipinski definition) is 5. The van der Waals surface area contributed by atoms with Crippen molar-refractivity contribution in [1.82, 2.24) is 5.43 Å². The zero-order chi connectivity index (χ0) is 13.7. The van der Waals surface area contributed by atoms with E-state index in [-0.39, 0.29) is 0 Å². The molecule has 1 aromatic rings. The minimum atomic E-state index is -0.878. The molecule has 4 N–H and O–H groups in total. The van der Waals surface area contributed by atoms with E-state index in [0.29, 0.717) is 5.69 Å². The van der Waals surface area contributed by atoms with Gasteiger partial charge in [0.25, 0.3) is 0 Å². The Hall–Kier alpha value is -2.12. The van der Waals surface area contributed by atoms with Gasteiger partial charge in [0.15, 0.2) is 0 Å². The number of hydrazine groups is 1. The first-order valence-electron chi connectivity index (χ1n) is 5.95. The molecule has 7 nitrogen and oxygen atoms in total. The third kappa shape index (κ3) is 3.43. The van der Waals surface area contributed by atoms with E-state index >= 15 is 0 Å². The number of nitrogens with two attached hydrogens (primary N) is 1. The van der Waals surface area contributed by atoms with Crippen molar-refractivity contribution in [2.75, 3.05) is 36.5 Å². The van der Waals surface area contributed by atoms with Crippen LogP contribution >= 0.6 is 0 Å². The maximum Gasteiger partial charge on any atom is 0.323 e. The smallest absolute Gasteiger partial charge is 0.323 e. The molecule has 1 aromatic carbocycles. The van der Waals surface area contributed by atoms with Crippen molar-refractivity contribution in [2.24, 2.45) is 5.84 Å². The molecule has 0 saturated carbocycles. The summed E-state index contributed by atoms with van der Waals surface area (Å²) >= 11 is 0. The predicted molar refractivity (Wildman–Crippen MR) is 70.4 cm³/mol. The van der Waals surface area contributed by atoms with Gasteiger partial charge >= 0.3 is 11.8 Å². The van der Waals surface area contributed by atoms with Crippen molar-refractivity contribution in [3.8, 4) is 0 Å². The number of hydrogen-bond donors (Lipinski definition) is 3. The maximum atomic E-state index is 11.3. The second kappa shape index (κ2) is 6.17. The molecule has 0 aromatic heterocycles. The quantitative estimate of drug-likeness (QED) is 0.288. The highest BCUT2D eigenvalue weighted by Gasteiger charge is 2.13. The third-order valence-electron chi connectivity index (χ3n) is 2.84. The summed E-state index contributed by atoms with van der Waals surface area (Å²) in [5.41, 5.74) is 3.38. The molecule has 0 aliphatic carbocycles. The summed E-state index contributed by atoms with van der Waals surface area (Å²) in [7, 11) is 0. The molecule has 1 heterocycles. The van der Waals surface area contributed by atoms with Crippen molar-refractivity contribution in [3.05, 3.63) is 24.3 Å². The Morgan fingerprint density at radius 1 is 1.11 bits per heavy atom. The zero-order valence-electron chi connectivity index (χ0n) is 10.4. The number of amides is 2. The van der Waals surface area contributed by atoms with Crippen LogP contribution in [0.5, 0.6) is 0 Å². The maximum absolute atomic E-state index is 11.3. The minimum absolute atomic E-state index is 0.547. The summed E-state index contributed by atoms with van der Waals surface area (Å²) in [6.07, 6.45) is 0. The Kier molecular flexibility index (Phi) is 4.32. The van der Waals surface area contributed by atoms with Gasteiger partial charge < -0.3 is 15.0 Å². The van der Waals surface area contributed by atoms with Gasteiger partial charge in [-0.15, -0.1) is 0 Å². The van der Waals surface area contributed by atoms with Crippen LogP contribution < -0.4 is 21.5 Å². The molecule has 2 rings (SSSR count). The lowest BCUT2D eigenvalue weighted by molar-refractivity contribution is -0.136. The van der Waals surface area contributed by atoms with Crippen LogP contribution in [0.25, 0.3) is 0 Å². The van der Waals surface area contributed by atoms with Crippen molar-refractivity contribution >= 4 is 23.2 Å². The number of nitrogens with one attached hydrogen (secondary N) is 2. The fourth-order valence-corrected chi connectivity index (χ4v) is 1.83. The Balaban J connectivity index is 1.98. The van der Waals surface area contributed by atoms with Crippen LogP contribution in [0.4, 0.5) is 11.4 Å². The van der Waals surface area contributed by atoms with Crippen LogP contribution in [0, 0.1) is 0 Å². The average molecular weight is 264 g/mol.